The molecule has 0 aromatic carbocycles. The Morgan fingerprint density at radius 3 is 1.23 bits per heavy atom. The van der Waals surface area contributed by atoms with E-state index in [2.05, 4.69) is 92.4 Å². The standard InChI is InChI=1S/C20H29N3O2.C17H25N3O2.C11H20N2O2.C10H19NO3.C10H19NO2.C10H17NO2.C8H15NO2.C6H6ClN.C6H11NO.C4H6O.C3H4N2O.C3H7NO.C2H6O.ClH/c1-15-12-18(7-9-21-15)25-19-13-23(14-19)20(24)16-4-3-10-22(11-8-16)17-5-2-6-17;1-13-10-15(5-7-18-13)22-16-11-20(12-16)17(21)14-4-3-8-19(2)9-6-14;1-12-5-2-3-9(4-6-12)11(15)13-7-10(14)8-13;1-3-14-10(13)8-4-6-11(2)7-5-9(8)12;2*1-3-13-10(12)9-5-4-7-11(2)8-6-9;1-9-5-2-3-7(4-6-9)8(10)11;1-5-2-3-6(7)4-8-5;1-7-4-2-6(8)3-5-7;5-4-2-1-3-4;1-3(6)2-5-4;5-3-1-4-2-3;1-2-3;/h7,9,12,16-17,19H,2-6,8,10-11,13-14H2,1H3;5,7,10,14,16H,3-4,6,8-9,11-12H2,1-2H3;9-10,14H,2-8H2,1H3;8-9,12H,3-7H2,1-2H3;9H,3-8H2,1-2H3;5H,3-4,6-8H2,1-2H3;7H,2-6H2,1H3,(H,10,11);2-4H,1H3;2-5H2,1H3;1-3H2;2H,1H3;3-5H,1-2H2;3H,2H2,1H3;1H/t;;;8-,9+;;;;;;;;;;/m...0........../s1. The van der Waals surface area contributed by atoms with Crippen LogP contribution in [0.1, 0.15) is 225 Å². The largest absolute Gasteiger partial charge is 0.487 e. The van der Waals surface area contributed by atoms with Gasteiger partial charge in [-0.25, -0.2) is 4.79 Å². The summed E-state index contributed by atoms with van der Waals surface area (Å²) in [5.41, 5.74) is 11.3. The highest BCUT2D eigenvalue weighted by Gasteiger charge is 2.40. The second kappa shape index (κ2) is 76.1. The first-order valence-electron chi connectivity index (χ1n) is 54.5. The van der Waals surface area contributed by atoms with Crippen molar-refractivity contribution in [2.75, 3.05) is 233 Å². The SMILES string of the molecule is CC(=O)C=[N+]=[N-].CCO.CCOC(=O)C1=CCCN(C)CC1.CCOC(=O)C1CCCN(C)CC1.CCOC(=O)[C@H]1CCN(C)CC[C@H]1O.CN1CCC(=O)CC1.CN1CCCC(C(=O)N2CC(O)C2)CC1.CN1CCCC(C(=O)O)CC1.Cc1cc(OC2CN(C(=O)C3CCCN(C)CC3)C2)ccn1.Cc1cc(OC2CN(C(=O)C3CCCN(C4CCC4)CC3)C2)ccn1.Cc1ccc(Cl)cn1.Cl.O=C1CCC1.OC1CNC1. The Bertz CT molecular complexity index is 4370. The lowest BCUT2D eigenvalue weighted by Gasteiger charge is -2.40. The Hall–Kier alpha value is -8.47. The third-order valence-electron chi connectivity index (χ3n) is 28.2. The summed E-state index contributed by atoms with van der Waals surface area (Å²) in [7, 11) is 14.5. The van der Waals surface area contributed by atoms with Crippen molar-refractivity contribution in [3.05, 3.63) is 94.3 Å². The molecule has 37 nitrogen and oxygen atoms in total. The number of aliphatic carboxylic acids is 1. The number of ketones is 3. The van der Waals surface area contributed by atoms with Crippen LogP contribution in [0, 0.1) is 56.3 Å². The minimum absolute atomic E-state index is 0. The predicted octanol–water partition coefficient (Wildman–Crippen LogP) is 10.1. The summed E-state index contributed by atoms with van der Waals surface area (Å²) in [6.07, 6.45) is 34.2. The number of aryl methyl sites for hydroxylation is 3. The first-order valence-corrected chi connectivity index (χ1v) is 54.9. The molecule has 7 atom stereocenters. The molecule has 15 heterocycles. The number of hydrogen-bond acceptors (Lipinski definition) is 31. The van der Waals surface area contributed by atoms with Gasteiger partial charge in [-0.3, -0.25) is 58.1 Å². The number of rotatable bonds is 16. The van der Waals surface area contributed by atoms with Crippen molar-refractivity contribution in [2.45, 2.75) is 265 Å². The van der Waals surface area contributed by atoms with Gasteiger partial charge >= 0.3 is 30.1 Å². The molecule has 2 saturated carbocycles. The Kier molecular flexibility index (Phi) is 67.9. The Morgan fingerprint density at radius 1 is 0.456 bits per heavy atom. The quantitative estimate of drug-likeness (QED) is 0.0255. The lowest BCUT2D eigenvalue weighted by atomic mass is 9.91. The van der Waals surface area contributed by atoms with Gasteiger partial charge in [0.2, 0.25) is 23.5 Å². The zero-order valence-electron chi connectivity index (χ0n) is 92.5. The molecule has 844 valence electrons. The third kappa shape index (κ3) is 55.8. The second-order valence-electron chi connectivity index (χ2n) is 41.1. The number of aliphatic hydroxyl groups excluding tert-OH is 4. The molecule has 149 heavy (non-hydrogen) atoms. The van der Waals surface area contributed by atoms with Crippen molar-refractivity contribution in [3.8, 4) is 11.5 Å². The number of nitrogens with zero attached hydrogens (tertiary/aromatic N) is 16. The number of pyridine rings is 3. The highest BCUT2D eigenvalue weighted by Crippen LogP contribution is 2.33. The predicted molar refractivity (Wildman–Crippen MR) is 581 cm³/mol. The van der Waals surface area contributed by atoms with E-state index >= 15 is 0 Å². The smallest absolute Gasteiger partial charge is 0.333 e. The van der Waals surface area contributed by atoms with Crippen LogP contribution in [-0.4, -0.2) is 434 Å². The van der Waals surface area contributed by atoms with Crippen LogP contribution in [0.5, 0.6) is 11.5 Å². The number of Topliss-reactive ketones (excluding diaryl/α,β-unsaturated/α-hetero) is 3. The van der Waals surface area contributed by atoms with E-state index in [4.69, 9.17) is 61.2 Å². The van der Waals surface area contributed by atoms with Crippen LogP contribution in [0.25, 0.3) is 5.53 Å². The van der Waals surface area contributed by atoms with Crippen molar-refractivity contribution in [3.63, 3.8) is 0 Å². The maximum atomic E-state index is 12.8. The number of amides is 3. The van der Waals surface area contributed by atoms with Gasteiger partial charge in [0.05, 0.1) is 87.1 Å². The highest BCUT2D eigenvalue weighted by molar-refractivity contribution is 6.30. The number of aliphatic hydroxyl groups is 4. The number of nitrogens with one attached hydrogen (secondary N) is 1. The number of halogens is 2. The zero-order chi connectivity index (χ0) is 109. The van der Waals surface area contributed by atoms with Crippen molar-refractivity contribution >= 4 is 89.2 Å². The van der Waals surface area contributed by atoms with E-state index in [-0.39, 0.29) is 109 Å². The summed E-state index contributed by atoms with van der Waals surface area (Å²) in [5, 5.41) is 47.2. The zero-order valence-corrected chi connectivity index (χ0v) is 94.0. The maximum absolute atomic E-state index is 12.8. The number of carbonyl (C=O) groups excluding carboxylic acids is 9. The Labute approximate surface area is 899 Å². The van der Waals surface area contributed by atoms with Crippen molar-refractivity contribution in [1.82, 2.24) is 74.2 Å². The number of carbonyl (C=O) groups is 10. The summed E-state index contributed by atoms with van der Waals surface area (Å²) in [6.45, 7) is 37.7. The van der Waals surface area contributed by atoms with Gasteiger partial charge in [-0.1, -0.05) is 24.1 Å². The monoisotopic (exact) mass is 2130 g/mol. The molecule has 3 aromatic rings. The normalized spacial score (nSPS) is 23.3. The van der Waals surface area contributed by atoms with E-state index < -0.39 is 12.1 Å². The fourth-order valence-electron chi connectivity index (χ4n) is 18.2. The Morgan fingerprint density at radius 2 is 0.852 bits per heavy atom. The molecule has 0 radical (unpaired) electrons. The highest BCUT2D eigenvalue weighted by atomic mass is 35.5. The van der Waals surface area contributed by atoms with Crippen LogP contribution in [-0.2, 0) is 62.2 Å². The molecule has 11 saturated heterocycles. The van der Waals surface area contributed by atoms with Gasteiger partial charge in [0.1, 0.15) is 35.3 Å². The van der Waals surface area contributed by atoms with Gasteiger partial charge in [-0.15, -0.1) is 12.4 Å². The number of aromatic nitrogens is 3. The number of carboxylic acids is 1. The number of β-amino-alcohol motifs (C(OH)–C–C–N with tert-alkyl or cyclic N) is 2. The molecule has 12 aliphatic heterocycles. The number of ether oxygens (including phenoxy) is 5. The third-order valence-corrected chi connectivity index (χ3v) is 28.5. The van der Waals surface area contributed by atoms with E-state index in [1.807, 2.05) is 108 Å². The molecule has 0 bridgehead atoms. The number of hydrogen-bond donors (Lipinski definition) is 6. The van der Waals surface area contributed by atoms with Crippen LogP contribution in [0.2, 0.25) is 5.02 Å². The van der Waals surface area contributed by atoms with E-state index in [9.17, 15) is 53.1 Å². The maximum Gasteiger partial charge on any atom is 0.333 e. The lowest BCUT2D eigenvalue weighted by molar-refractivity contribution is -0.152. The van der Waals surface area contributed by atoms with Crippen molar-refractivity contribution in [1.29, 1.82) is 0 Å². The van der Waals surface area contributed by atoms with Gasteiger partial charge in [0.25, 0.3) is 0 Å². The molecular formula is C110H185Cl2N17O20. The van der Waals surface area contributed by atoms with Crippen LogP contribution < -0.4 is 14.8 Å². The van der Waals surface area contributed by atoms with Crippen LogP contribution in [0.3, 0.4) is 0 Å². The first-order chi connectivity index (χ1) is 70.8. The molecule has 14 aliphatic rings. The molecule has 13 fully saturated rings. The molecule has 0 spiro atoms. The van der Waals surface area contributed by atoms with E-state index in [0.29, 0.717) is 87.2 Å². The lowest BCUT2D eigenvalue weighted by Crippen LogP contribution is -2.57. The molecular weight excluding hydrogens is 1950 g/mol. The number of carboxylic acid groups (broad SMARTS) is 1. The van der Waals surface area contributed by atoms with Crippen molar-refractivity contribution in [2.24, 2.45) is 35.5 Å². The minimum Gasteiger partial charge on any atom is -0.487 e. The van der Waals surface area contributed by atoms with Crippen LogP contribution in [0.15, 0.2) is 66.6 Å². The molecule has 2 aliphatic carbocycles. The van der Waals surface area contributed by atoms with E-state index in [0.717, 1.165) is 312 Å². The minimum atomic E-state index is -0.625. The summed E-state index contributed by atoms with van der Waals surface area (Å²) in [5.74, 6) is 2.54. The number of likely N-dealkylation sites (tertiary alicyclic amines) is 10. The van der Waals surface area contributed by atoms with Crippen LogP contribution in [0.4, 0.5) is 0 Å². The van der Waals surface area contributed by atoms with E-state index in [1.54, 1.807) is 37.3 Å². The molecule has 5 unspecified atom stereocenters. The van der Waals surface area contributed by atoms with Crippen molar-refractivity contribution < 1.29 is 102 Å². The molecule has 3 aromatic heterocycles. The first kappa shape index (κ1) is 133. The van der Waals surface area contributed by atoms with Gasteiger partial charge in [-0.2, -0.15) is 4.79 Å². The summed E-state index contributed by atoms with van der Waals surface area (Å²) in [6, 6.07) is 12.2. The molecule has 3 amide bonds. The number of esters is 3. The van der Waals surface area contributed by atoms with Gasteiger partial charge in [-0.05, 0) is 335 Å². The van der Waals surface area contributed by atoms with Crippen LogP contribution >= 0.6 is 24.0 Å². The summed E-state index contributed by atoms with van der Waals surface area (Å²) >= 11 is 5.55. The van der Waals surface area contributed by atoms with Gasteiger partial charge in [0.15, 0.2) is 0 Å². The Balaban J connectivity index is 0.000000347. The van der Waals surface area contributed by atoms with Gasteiger partial charge < -0.3 is 114 Å². The average Bonchev–Trinajstić information content (AvgIpc) is 1.60. The summed E-state index contributed by atoms with van der Waals surface area (Å²) < 4.78 is 26.7. The van der Waals surface area contributed by atoms with Gasteiger partial charge in [0, 0.05) is 175 Å². The molecule has 17 rings (SSSR count). The summed E-state index contributed by atoms with van der Waals surface area (Å²) in [4.78, 5) is 151. The second-order valence-corrected chi connectivity index (χ2v) is 41.6. The van der Waals surface area contributed by atoms with E-state index in [1.165, 1.54) is 32.7 Å². The fourth-order valence-corrected chi connectivity index (χ4v) is 18.3. The number of piperidine rings is 1. The fraction of sp³-hybridized carbons (Fsp3) is 0.745. The molecule has 6 N–H and O–H groups in total. The topological polar surface area (TPSA) is 441 Å². The molecule has 39 heteroatoms. The average molecular weight is 2140 g/mol.